The zero-order chi connectivity index (χ0) is 22.6. The summed E-state index contributed by atoms with van der Waals surface area (Å²) in [6.45, 7) is 8.56. The summed E-state index contributed by atoms with van der Waals surface area (Å²) >= 11 is 0. The van der Waals surface area contributed by atoms with Crippen LogP contribution >= 0.6 is 0 Å². The molecule has 4 aromatic rings. The van der Waals surface area contributed by atoms with Gasteiger partial charge in [-0.05, 0) is 54.7 Å². The lowest BCUT2D eigenvalue weighted by atomic mass is 10.1. The van der Waals surface area contributed by atoms with Crippen LogP contribution in [0.25, 0.3) is 28.0 Å². The molecule has 0 bridgehead atoms. The minimum atomic E-state index is 0.645. The maximum absolute atomic E-state index is 7.17. The Balaban J connectivity index is 1.50. The Kier molecular flexibility index (Phi) is 5.82. The van der Waals surface area contributed by atoms with E-state index < -0.39 is 0 Å². The molecule has 1 aromatic heterocycles. The van der Waals surface area contributed by atoms with Gasteiger partial charge in [-0.25, -0.2) is 9.83 Å². The third-order valence-corrected chi connectivity index (χ3v) is 5.89. The van der Waals surface area contributed by atoms with Crippen LogP contribution in [0, 0.1) is 12.5 Å². The molecule has 1 aliphatic carbocycles. The Morgan fingerprint density at radius 3 is 2.61 bits per heavy atom. The van der Waals surface area contributed by atoms with Gasteiger partial charge >= 0.3 is 0 Å². The van der Waals surface area contributed by atoms with Crippen molar-refractivity contribution in [3.05, 3.63) is 95.1 Å². The summed E-state index contributed by atoms with van der Waals surface area (Å²) in [4.78, 5) is 8.36. The predicted octanol–water partition coefficient (Wildman–Crippen LogP) is 6.60. The molecule has 1 aliphatic rings. The van der Waals surface area contributed by atoms with Crippen LogP contribution in [0.2, 0.25) is 0 Å². The molecule has 5 rings (SSSR count). The van der Waals surface area contributed by atoms with Gasteiger partial charge in [0.1, 0.15) is 5.82 Å². The van der Waals surface area contributed by atoms with Crippen molar-refractivity contribution in [3.63, 3.8) is 0 Å². The maximum atomic E-state index is 7.17. The first kappa shape index (κ1) is 20.8. The van der Waals surface area contributed by atoms with Crippen molar-refractivity contribution in [1.29, 1.82) is 0 Å². The molecule has 1 heterocycles. The molecule has 0 radical (unpaired) electrons. The minimum absolute atomic E-state index is 0.645. The van der Waals surface area contributed by atoms with Gasteiger partial charge in [0.15, 0.2) is 17.2 Å². The molecule has 0 N–H and O–H groups in total. The molecule has 0 amide bonds. The van der Waals surface area contributed by atoms with Crippen molar-refractivity contribution < 1.29 is 9.47 Å². The zero-order valence-electron chi connectivity index (χ0n) is 18.6. The maximum Gasteiger partial charge on any atom is 0.187 e. The number of ether oxygens (including phenoxy) is 2. The number of hydrogen-bond acceptors (Lipinski definition) is 3. The third-order valence-electron chi connectivity index (χ3n) is 5.89. The number of para-hydroxylation sites is 3. The lowest BCUT2D eigenvalue weighted by Gasteiger charge is -2.13. The summed E-state index contributed by atoms with van der Waals surface area (Å²) in [6, 6.07) is 21.8. The monoisotopic (exact) mass is 435 g/mol. The lowest BCUT2D eigenvalue weighted by molar-refractivity contribution is 0.280. The normalized spacial score (nSPS) is 13.3. The van der Waals surface area contributed by atoms with E-state index in [9.17, 15) is 0 Å². The summed E-state index contributed by atoms with van der Waals surface area (Å²) in [7, 11) is 1.67. The van der Waals surface area contributed by atoms with E-state index in [0.29, 0.717) is 18.2 Å². The fourth-order valence-electron chi connectivity index (χ4n) is 3.88. The van der Waals surface area contributed by atoms with Crippen molar-refractivity contribution >= 4 is 28.9 Å². The van der Waals surface area contributed by atoms with Gasteiger partial charge in [-0.1, -0.05) is 48.5 Å². The number of aromatic nitrogens is 2. The molecule has 0 aliphatic heterocycles. The number of benzene rings is 3. The summed E-state index contributed by atoms with van der Waals surface area (Å²) < 4.78 is 13.9. The first-order chi connectivity index (χ1) is 16.2. The number of hydrogen-bond donors (Lipinski definition) is 0. The molecule has 5 heteroatoms. The van der Waals surface area contributed by atoms with Crippen molar-refractivity contribution in [3.8, 4) is 11.5 Å². The van der Waals surface area contributed by atoms with Gasteiger partial charge in [-0.3, -0.25) is 0 Å². The molecule has 33 heavy (non-hydrogen) atoms. The Bertz CT molecular complexity index is 1340. The SMILES string of the molecule is [C-]#[N+]c1ccc(Cn2c(C=Cc3cccc(OC)c3OCC3CC3)nc3ccccc32)cc1. The van der Waals surface area contributed by atoms with E-state index in [-0.39, 0.29) is 0 Å². The van der Waals surface area contributed by atoms with Crippen LogP contribution in [-0.2, 0) is 6.54 Å². The van der Waals surface area contributed by atoms with Gasteiger partial charge in [0.25, 0.3) is 0 Å². The van der Waals surface area contributed by atoms with Crippen molar-refractivity contribution in [1.82, 2.24) is 9.55 Å². The van der Waals surface area contributed by atoms with E-state index in [1.165, 1.54) is 12.8 Å². The Hall–Kier alpha value is -4.04. The van der Waals surface area contributed by atoms with E-state index in [1.807, 2.05) is 72.8 Å². The van der Waals surface area contributed by atoms with Gasteiger partial charge in [-0.2, -0.15) is 0 Å². The topological polar surface area (TPSA) is 40.6 Å². The smallest absolute Gasteiger partial charge is 0.187 e. The van der Waals surface area contributed by atoms with Gasteiger partial charge in [0.05, 0.1) is 31.3 Å². The van der Waals surface area contributed by atoms with Crippen LogP contribution in [0.4, 0.5) is 5.69 Å². The van der Waals surface area contributed by atoms with Gasteiger partial charge in [0, 0.05) is 12.1 Å². The fraction of sp³-hybridized carbons (Fsp3) is 0.214. The van der Waals surface area contributed by atoms with Gasteiger partial charge in [-0.15, -0.1) is 0 Å². The Morgan fingerprint density at radius 2 is 1.85 bits per heavy atom. The highest BCUT2D eigenvalue weighted by Crippen LogP contribution is 2.36. The molecule has 3 aromatic carbocycles. The fourth-order valence-corrected chi connectivity index (χ4v) is 3.88. The van der Waals surface area contributed by atoms with E-state index in [0.717, 1.165) is 46.1 Å². The minimum Gasteiger partial charge on any atom is -0.493 e. The highest BCUT2D eigenvalue weighted by atomic mass is 16.5. The number of rotatable bonds is 8. The van der Waals surface area contributed by atoms with E-state index in [4.69, 9.17) is 21.0 Å². The van der Waals surface area contributed by atoms with Crippen LogP contribution in [0.15, 0.2) is 66.7 Å². The summed E-state index contributed by atoms with van der Waals surface area (Å²) in [6.07, 6.45) is 6.55. The molecule has 0 unspecified atom stereocenters. The van der Waals surface area contributed by atoms with Crippen LogP contribution in [0.5, 0.6) is 11.5 Å². The molecular weight excluding hydrogens is 410 g/mol. The standard InChI is InChI=1S/C28H25N3O2/c1-29-23-15-12-20(13-16-23)18-31-25-8-4-3-7-24(25)30-27(31)17-14-22-6-5-9-26(32-2)28(22)33-19-21-10-11-21/h3-9,12-17,21H,10-11,18-19H2,2H3. The summed E-state index contributed by atoms with van der Waals surface area (Å²) in [5, 5.41) is 0. The molecule has 5 nitrogen and oxygen atoms in total. The van der Waals surface area contributed by atoms with Crippen molar-refractivity contribution in [2.24, 2.45) is 5.92 Å². The van der Waals surface area contributed by atoms with E-state index in [1.54, 1.807) is 7.11 Å². The second-order valence-corrected chi connectivity index (χ2v) is 8.29. The predicted molar refractivity (Wildman–Crippen MR) is 132 cm³/mol. The van der Waals surface area contributed by atoms with Crippen LogP contribution in [-0.4, -0.2) is 23.3 Å². The largest absolute Gasteiger partial charge is 0.493 e. The molecule has 0 spiro atoms. The number of imidazole rings is 1. The quantitative estimate of drug-likeness (QED) is 0.293. The molecule has 1 saturated carbocycles. The molecule has 1 fully saturated rings. The van der Waals surface area contributed by atoms with Gasteiger partial charge < -0.3 is 14.0 Å². The molecule has 0 saturated heterocycles. The molecule has 164 valence electrons. The Morgan fingerprint density at radius 1 is 1.03 bits per heavy atom. The highest BCUT2D eigenvalue weighted by Gasteiger charge is 2.23. The van der Waals surface area contributed by atoms with Crippen molar-refractivity contribution in [2.45, 2.75) is 19.4 Å². The van der Waals surface area contributed by atoms with Crippen molar-refractivity contribution in [2.75, 3.05) is 13.7 Å². The summed E-state index contributed by atoms with van der Waals surface area (Å²) in [5.74, 6) is 3.04. The summed E-state index contributed by atoms with van der Waals surface area (Å²) in [5.41, 5.74) is 4.75. The first-order valence-electron chi connectivity index (χ1n) is 11.1. The van der Waals surface area contributed by atoms with E-state index >= 15 is 0 Å². The first-order valence-corrected chi connectivity index (χ1v) is 11.1. The lowest BCUT2D eigenvalue weighted by Crippen LogP contribution is -2.03. The average Bonchev–Trinajstić information content (AvgIpc) is 3.63. The second-order valence-electron chi connectivity index (χ2n) is 8.29. The Labute approximate surface area is 193 Å². The molecular formula is C28H25N3O2. The zero-order valence-corrected chi connectivity index (χ0v) is 18.6. The molecule has 0 atom stereocenters. The van der Waals surface area contributed by atoms with Crippen LogP contribution < -0.4 is 9.47 Å². The van der Waals surface area contributed by atoms with Crippen LogP contribution in [0.1, 0.15) is 29.8 Å². The number of fused-ring (bicyclic) bond motifs is 1. The van der Waals surface area contributed by atoms with E-state index in [2.05, 4.69) is 15.5 Å². The third kappa shape index (κ3) is 4.61. The highest BCUT2D eigenvalue weighted by molar-refractivity contribution is 5.81. The second kappa shape index (κ2) is 9.22. The van der Waals surface area contributed by atoms with Gasteiger partial charge in [0.2, 0.25) is 0 Å². The number of nitrogens with zero attached hydrogens (tertiary/aromatic N) is 3. The van der Waals surface area contributed by atoms with Crippen LogP contribution in [0.3, 0.4) is 0 Å². The number of methoxy groups -OCH3 is 1. The average molecular weight is 436 g/mol.